The first kappa shape index (κ1) is 14.9. The van der Waals surface area contributed by atoms with Gasteiger partial charge in [0.15, 0.2) is 0 Å². The number of benzene rings is 2. The highest BCUT2D eigenvalue weighted by Crippen LogP contribution is 2.30. The Balaban J connectivity index is 1.56. The van der Waals surface area contributed by atoms with Gasteiger partial charge in [0.1, 0.15) is 11.4 Å². The molecule has 0 saturated carbocycles. The van der Waals surface area contributed by atoms with Gasteiger partial charge in [0.25, 0.3) is 0 Å². The Morgan fingerprint density at radius 2 is 2.00 bits per heavy atom. The molecule has 0 atom stereocenters. The Kier molecular flexibility index (Phi) is 3.60. The van der Waals surface area contributed by atoms with Crippen molar-refractivity contribution in [1.29, 1.82) is 0 Å². The summed E-state index contributed by atoms with van der Waals surface area (Å²) in [6.07, 6.45) is 5.14. The van der Waals surface area contributed by atoms with Crippen LogP contribution < -0.4 is 5.32 Å². The molecule has 3 aromatic rings. The lowest BCUT2D eigenvalue weighted by Gasteiger charge is -2.07. The van der Waals surface area contributed by atoms with E-state index in [0.717, 1.165) is 34.9 Å². The van der Waals surface area contributed by atoms with Gasteiger partial charge < -0.3 is 9.73 Å². The van der Waals surface area contributed by atoms with Crippen molar-refractivity contribution in [2.45, 2.75) is 32.6 Å². The standard InChI is InChI=1S/C20H18FNO2/c1-12-5-6-18(17(21)7-12)22-20(23)10-15-11-24-19-9-14-4-2-3-13(14)8-16(15)19/h5-9,11H,2-4,10H2,1H3,(H,22,23). The number of fused-ring (bicyclic) bond motifs is 2. The summed E-state index contributed by atoms with van der Waals surface area (Å²) in [5.74, 6) is -0.667. The lowest BCUT2D eigenvalue weighted by molar-refractivity contribution is -0.115. The number of hydrogen-bond donors (Lipinski definition) is 1. The molecular formula is C20H18FNO2. The molecule has 4 heteroatoms. The van der Waals surface area contributed by atoms with Crippen LogP contribution in [0.2, 0.25) is 0 Å². The van der Waals surface area contributed by atoms with Crippen molar-refractivity contribution >= 4 is 22.6 Å². The van der Waals surface area contributed by atoms with Crippen LogP contribution in [0.25, 0.3) is 11.0 Å². The zero-order chi connectivity index (χ0) is 16.7. The summed E-state index contributed by atoms with van der Waals surface area (Å²) in [5.41, 5.74) is 5.37. The van der Waals surface area contributed by atoms with Gasteiger partial charge in [0.05, 0.1) is 18.4 Å². The third-order valence-electron chi connectivity index (χ3n) is 4.62. The molecule has 0 saturated heterocycles. The van der Waals surface area contributed by atoms with E-state index >= 15 is 0 Å². The zero-order valence-electron chi connectivity index (χ0n) is 13.5. The van der Waals surface area contributed by atoms with E-state index < -0.39 is 5.82 Å². The van der Waals surface area contributed by atoms with Crippen molar-refractivity contribution in [2.75, 3.05) is 5.32 Å². The second kappa shape index (κ2) is 5.78. The van der Waals surface area contributed by atoms with Crippen LogP contribution in [0.4, 0.5) is 10.1 Å². The van der Waals surface area contributed by atoms with Crippen LogP contribution in [0.1, 0.15) is 28.7 Å². The molecule has 0 unspecified atom stereocenters. The summed E-state index contributed by atoms with van der Waals surface area (Å²) in [4.78, 5) is 12.3. The second-order valence-corrected chi connectivity index (χ2v) is 6.44. The third kappa shape index (κ3) is 2.68. The molecule has 1 amide bonds. The highest BCUT2D eigenvalue weighted by Gasteiger charge is 2.17. The largest absolute Gasteiger partial charge is 0.464 e. The number of halogens is 1. The van der Waals surface area contributed by atoms with E-state index in [9.17, 15) is 9.18 Å². The Labute approximate surface area is 139 Å². The molecule has 122 valence electrons. The van der Waals surface area contributed by atoms with Gasteiger partial charge in [-0.25, -0.2) is 4.39 Å². The lowest BCUT2D eigenvalue weighted by atomic mass is 10.0. The Morgan fingerprint density at radius 1 is 1.21 bits per heavy atom. The molecule has 24 heavy (non-hydrogen) atoms. The predicted octanol–water partition coefficient (Wildman–Crippen LogP) is 4.55. The molecule has 0 radical (unpaired) electrons. The zero-order valence-corrected chi connectivity index (χ0v) is 13.5. The van der Waals surface area contributed by atoms with Crippen LogP contribution in [0.15, 0.2) is 41.0 Å². The Morgan fingerprint density at radius 3 is 2.79 bits per heavy atom. The summed E-state index contributed by atoms with van der Waals surface area (Å²) in [7, 11) is 0. The van der Waals surface area contributed by atoms with E-state index in [1.54, 1.807) is 18.4 Å². The van der Waals surface area contributed by atoms with E-state index in [1.807, 2.05) is 6.92 Å². The molecule has 0 aliphatic heterocycles. The van der Waals surface area contributed by atoms with Crippen LogP contribution in [0.3, 0.4) is 0 Å². The lowest BCUT2D eigenvalue weighted by Crippen LogP contribution is -2.15. The molecule has 2 aromatic carbocycles. The summed E-state index contributed by atoms with van der Waals surface area (Å²) >= 11 is 0. The number of carbonyl (C=O) groups excluding carboxylic acids is 1. The molecule has 1 aromatic heterocycles. The van der Waals surface area contributed by atoms with Crippen molar-refractivity contribution in [2.24, 2.45) is 0 Å². The molecule has 0 spiro atoms. The Hall–Kier alpha value is -2.62. The summed E-state index contributed by atoms with van der Waals surface area (Å²) < 4.78 is 19.5. The molecule has 1 aliphatic carbocycles. The SMILES string of the molecule is Cc1ccc(NC(=O)Cc2coc3cc4c(cc23)CCC4)c(F)c1. The van der Waals surface area contributed by atoms with Gasteiger partial charge in [-0.2, -0.15) is 0 Å². The highest BCUT2D eigenvalue weighted by atomic mass is 19.1. The van der Waals surface area contributed by atoms with Gasteiger partial charge in [-0.15, -0.1) is 0 Å². The van der Waals surface area contributed by atoms with Crippen molar-refractivity contribution in [3.8, 4) is 0 Å². The normalized spacial score (nSPS) is 13.2. The monoisotopic (exact) mass is 323 g/mol. The van der Waals surface area contributed by atoms with Crippen LogP contribution in [-0.4, -0.2) is 5.91 Å². The molecule has 1 heterocycles. The fraction of sp³-hybridized carbons (Fsp3) is 0.250. The topological polar surface area (TPSA) is 42.2 Å². The Bertz CT molecular complexity index is 942. The van der Waals surface area contributed by atoms with E-state index in [0.29, 0.717) is 0 Å². The molecule has 0 fully saturated rings. The van der Waals surface area contributed by atoms with E-state index in [-0.39, 0.29) is 18.0 Å². The number of nitrogens with one attached hydrogen (secondary N) is 1. The maximum Gasteiger partial charge on any atom is 0.229 e. The predicted molar refractivity (Wildman–Crippen MR) is 91.7 cm³/mol. The minimum Gasteiger partial charge on any atom is -0.464 e. The van der Waals surface area contributed by atoms with Crippen molar-refractivity contribution < 1.29 is 13.6 Å². The molecule has 1 aliphatic rings. The average molecular weight is 323 g/mol. The summed E-state index contributed by atoms with van der Waals surface area (Å²) in [5, 5.41) is 3.62. The number of carbonyl (C=O) groups is 1. The van der Waals surface area contributed by atoms with Crippen LogP contribution in [-0.2, 0) is 24.1 Å². The van der Waals surface area contributed by atoms with Crippen LogP contribution >= 0.6 is 0 Å². The van der Waals surface area contributed by atoms with Gasteiger partial charge in [0, 0.05) is 10.9 Å². The molecule has 0 bridgehead atoms. The van der Waals surface area contributed by atoms with Crippen molar-refractivity contribution in [3.63, 3.8) is 0 Å². The smallest absolute Gasteiger partial charge is 0.229 e. The number of amides is 1. The fourth-order valence-corrected chi connectivity index (χ4v) is 3.37. The number of hydrogen-bond acceptors (Lipinski definition) is 2. The quantitative estimate of drug-likeness (QED) is 0.768. The van der Waals surface area contributed by atoms with Crippen molar-refractivity contribution in [1.82, 2.24) is 0 Å². The van der Waals surface area contributed by atoms with E-state index in [4.69, 9.17) is 4.42 Å². The minimum absolute atomic E-state index is 0.166. The van der Waals surface area contributed by atoms with E-state index in [1.165, 1.54) is 23.6 Å². The maximum absolute atomic E-state index is 13.9. The van der Waals surface area contributed by atoms with Crippen LogP contribution in [0.5, 0.6) is 0 Å². The van der Waals surface area contributed by atoms with Gasteiger partial charge in [-0.05, 0) is 67.1 Å². The highest BCUT2D eigenvalue weighted by molar-refractivity contribution is 5.95. The van der Waals surface area contributed by atoms with Gasteiger partial charge in [-0.3, -0.25) is 4.79 Å². The molecular weight excluding hydrogens is 305 g/mol. The number of rotatable bonds is 3. The third-order valence-corrected chi connectivity index (χ3v) is 4.62. The second-order valence-electron chi connectivity index (χ2n) is 6.44. The first-order chi connectivity index (χ1) is 11.6. The first-order valence-electron chi connectivity index (χ1n) is 8.18. The average Bonchev–Trinajstić information content (AvgIpc) is 3.15. The van der Waals surface area contributed by atoms with E-state index in [2.05, 4.69) is 17.4 Å². The molecule has 3 nitrogen and oxygen atoms in total. The first-order valence-corrected chi connectivity index (χ1v) is 8.18. The maximum atomic E-state index is 13.9. The fourth-order valence-electron chi connectivity index (χ4n) is 3.37. The number of anilines is 1. The van der Waals surface area contributed by atoms with Gasteiger partial charge >= 0.3 is 0 Å². The summed E-state index contributed by atoms with van der Waals surface area (Å²) in [6, 6.07) is 8.99. The minimum atomic E-state index is -0.418. The van der Waals surface area contributed by atoms with Crippen LogP contribution in [0, 0.1) is 12.7 Å². The number of furan rings is 1. The van der Waals surface area contributed by atoms with Gasteiger partial charge in [-0.1, -0.05) is 6.07 Å². The molecule has 1 N–H and O–H groups in total. The molecule has 4 rings (SSSR count). The van der Waals surface area contributed by atoms with Gasteiger partial charge in [0.2, 0.25) is 5.91 Å². The summed E-state index contributed by atoms with van der Waals surface area (Å²) in [6.45, 7) is 1.81. The number of aryl methyl sites for hydroxylation is 3. The van der Waals surface area contributed by atoms with Crippen molar-refractivity contribution in [3.05, 3.63) is 64.7 Å².